The van der Waals surface area contributed by atoms with Gasteiger partial charge in [0.25, 0.3) is 0 Å². The first-order valence-electron chi connectivity index (χ1n) is 3.75. The van der Waals surface area contributed by atoms with Crippen LogP contribution in [0.2, 0.25) is 0 Å². The average molecular weight is 148 g/mol. The SMILES string of the molecule is OC1CN(c2cc[c]cc2)C1. The normalized spacial score (nSPS) is 18.1. The van der Waals surface area contributed by atoms with Gasteiger partial charge < -0.3 is 10.0 Å². The van der Waals surface area contributed by atoms with Crippen molar-refractivity contribution in [2.75, 3.05) is 18.0 Å². The molecule has 1 aliphatic heterocycles. The molecular weight excluding hydrogens is 138 g/mol. The van der Waals surface area contributed by atoms with E-state index in [2.05, 4.69) is 11.0 Å². The quantitative estimate of drug-likeness (QED) is 0.632. The first-order valence-corrected chi connectivity index (χ1v) is 3.75. The molecule has 57 valence electrons. The highest BCUT2D eigenvalue weighted by Crippen LogP contribution is 2.19. The third-order valence-electron chi connectivity index (χ3n) is 1.93. The molecule has 0 amide bonds. The first-order chi connectivity index (χ1) is 5.36. The van der Waals surface area contributed by atoms with Gasteiger partial charge in [0.2, 0.25) is 0 Å². The zero-order valence-electron chi connectivity index (χ0n) is 6.20. The molecule has 1 fully saturated rings. The van der Waals surface area contributed by atoms with E-state index < -0.39 is 0 Å². The monoisotopic (exact) mass is 148 g/mol. The molecule has 11 heavy (non-hydrogen) atoms. The van der Waals surface area contributed by atoms with Gasteiger partial charge in [-0.3, -0.25) is 0 Å². The Morgan fingerprint density at radius 3 is 2.55 bits per heavy atom. The van der Waals surface area contributed by atoms with Crippen molar-refractivity contribution >= 4 is 5.69 Å². The maximum absolute atomic E-state index is 9.03. The molecule has 1 saturated heterocycles. The second kappa shape index (κ2) is 2.55. The van der Waals surface area contributed by atoms with E-state index in [1.54, 1.807) is 0 Å². The molecule has 2 heteroatoms. The molecule has 0 atom stereocenters. The van der Waals surface area contributed by atoms with Crippen molar-refractivity contribution in [2.45, 2.75) is 6.10 Å². The van der Waals surface area contributed by atoms with Gasteiger partial charge in [-0.25, -0.2) is 0 Å². The van der Waals surface area contributed by atoms with Crippen LogP contribution in [0.25, 0.3) is 0 Å². The van der Waals surface area contributed by atoms with Gasteiger partial charge >= 0.3 is 0 Å². The number of benzene rings is 1. The lowest BCUT2D eigenvalue weighted by molar-refractivity contribution is 0.142. The lowest BCUT2D eigenvalue weighted by Gasteiger charge is -2.37. The van der Waals surface area contributed by atoms with E-state index >= 15 is 0 Å². The summed E-state index contributed by atoms with van der Waals surface area (Å²) in [5, 5.41) is 9.03. The maximum Gasteiger partial charge on any atom is 0.0889 e. The number of aliphatic hydroxyl groups is 1. The number of rotatable bonds is 1. The fraction of sp³-hybridized carbons (Fsp3) is 0.333. The van der Waals surface area contributed by atoms with Crippen molar-refractivity contribution in [3.05, 3.63) is 30.3 Å². The Kier molecular flexibility index (Phi) is 1.55. The number of β-amino-alcohol motifs (C(OH)–C–C–N with tert-alkyl or cyclic N) is 1. The third-order valence-corrected chi connectivity index (χ3v) is 1.93. The van der Waals surface area contributed by atoms with Crippen molar-refractivity contribution in [3.8, 4) is 0 Å². The Balaban J connectivity index is 2.08. The summed E-state index contributed by atoms with van der Waals surface area (Å²) in [5.41, 5.74) is 1.18. The number of aliphatic hydroxyl groups excluding tert-OH is 1. The van der Waals surface area contributed by atoms with Crippen molar-refractivity contribution in [1.29, 1.82) is 0 Å². The van der Waals surface area contributed by atoms with Gasteiger partial charge in [0.05, 0.1) is 6.10 Å². The van der Waals surface area contributed by atoms with E-state index in [9.17, 15) is 0 Å². The van der Waals surface area contributed by atoms with Crippen LogP contribution in [0.3, 0.4) is 0 Å². The second-order valence-corrected chi connectivity index (χ2v) is 2.82. The Morgan fingerprint density at radius 1 is 1.36 bits per heavy atom. The molecule has 2 rings (SSSR count). The third kappa shape index (κ3) is 1.21. The molecule has 1 heterocycles. The van der Waals surface area contributed by atoms with Crippen LogP contribution in [-0.4, -0.2) is 24.3 Å². The summed E-state index contributed by atoms with van der Waals surface area (Å²) in [6, 6.07) is 10.7. The number of nitrogens with zero attached hydrogens (tertiary/aromatic N) is 1. The lowest BCUT2D eigenvalue weighted by atomic mass is 10.1. The van der Waals surface area contributed by atoms with E-state index in [0.29, 0.717) is 0 Å². The standard InChI is InChI=1S/C9H10NO/c11-9-6-10(7-9)8-4-2-1-3-5-8/h2-5,9,11H,6-7H2. The average Bonchev–Trinajstić information content (AvgIpc) is 2.01. The van der Waals surface area contributed by atoms with Crippen LogP contribution in [0.1, 0.15) is 0 Å². The molecule has 1 aromatic carbocycles. The highest BCUT2D eigenvalue weighted by Gasteiger charge is 2.23. The molecule has 1 aromatic rings. The van der Waals surface area contributed by atoms with Crippen LogP contribution in [0.5, 0.6) is 0 Å². The number of hydrogen-bond acceptors (Lipinski definition) is 2. The van der Waals surface area contributed by atoms with Crippen molar-refractivity contribution in [1.82, 2.24) is 0 Å². The van der Waals surface area contributed by atoms with E-state index in [0.717, 1.165) is 13.1 Å². The van der Waals surface area contributed by atoms with Gasteiger partial charge in [-0.1, -0.05) is 12.1 Å². The fourth-order valence-corrected chi connectivity index (χ4v) is 1.26. The smallest absolute Gasteiger partial charge is 0.0889 e. The summed E-state index contributed by atoms with van der Waals surface area (Å²) < 4.78 is 0. The Morgan fingerprint density at radius 2 is 2.00 bits per heavy atom. The predicted molar refractivity (Wildman–Crippen MR) is 43.5 cm³/mol. The predicted octanol–water partition coefficient (Wildman–Crippen LogP) is 0.668. The zero-order chi connectivity index (χ0) is 7.68. The van der Waals surface area contributed by atoms with Crippen molar-refractivity contribution in [3.63, 3.8) is 0 Å². The maximum atomic E-state index is 9.03. The molecule has 0 bridgehead atoms. The highest BCUT2D eigenvalue weighted by atomic mass is 16.3. The largest absolute Gasteiger partial charge is 0.389 e. The summed E-state index contributed by atoms with van der Waals surface area (Å²) in [6.07, 6.45) is -0.126. The second-order valence-electron chi connectivity index (χ2n) is 2.82. The van der Waals surface area contributed by atoms with Crippen LogP contribution >= 0.6 is 0 Å². The molecule has 1 N–H and O–H groups in total. The van der Waals surface area contributed by atoms with Gasteiger partial charge in [-0.15, -0.1) is 0 Å². The molecule has 0 saturated carbocycles. The van der Waals surface area contributed by atoms with E-state index in [-0.39, 0.29) is 6.10 Å². The summed E-state index contributed by atoms with van der Waals surface area (Å²) in [6.45, 7) is 1.54. The molecule has 0 spiro atoms. The molecular formula is C9H10NO. The Bertz CT molecular complexity index is 229. The topological polar surface area (TPSA) is 23.5 Å². The Labute approximate surface area is 66.1 Å². The van der Waals surface area contributed by atoms with Crippen molar-refractivity contribution < 1.29 is 5.11 Å². The first kappa shape index (κ1) is 6.68. The minimum Gasteiger partial charge on any atom is -0.389 e. The van der Waals surface area contributed by atoms with Crippen LogP contribution in [-0.2, 0) is 0 Å². The van der Waals surface area contributed by atoms with Gasteiger partial charge in [0, 0.05) is 18.8 Å². The molecule has 0 unspecified atom stereocenters. The van der Waals surface area contributed by atoms with Crippen LogP contribution in [0, 0.1) is 6.07 Å². The van der Waals surface area contributed by atoms with Crippen LogP contribution in [0.15, 0.2) is 24.3 Å². The molecule has 1 aliphatic rings. The summed E-state index contributed by atoms with van der Waals surface area (Å²) in [7, 11) is 0. The summed E-state index contributed by atoms with van der Waals surface area (Å²) in [5.74, 6) is 0. The van der Waals surface area contributed by atoms with Gasteiger partial charge in [0.1, 0.15) is 0 Å². The van der Waals surface area contributed by atoms with Crippen molar-refractivity contribution in [2.24, 2.45) is 0 Å². The minimum atomic E-state index is -0.126. The zero-order valence-corrected chi connectivity index (χ0v) is 6.20. The number of anilines is 1. The molecule has 2 nitrogen and oxygen atoms in total. The summed E-state index contributed by atoms with van der Waals surface area (Å²) >= 11 is 0. The van der Waals surface area contributed by atoms with Gasteiger partial charge in [-0.05, 0) is 18.2 Å². The van der Waals surface area contributed by atoms with Crippen LogP contribution < -0.4 is 4.90 Å². The van der Waals surface area contributed by atoms with Gasteiger partial charge in [0.15, 0.2) is 0 Å². The van der Waals surface area contributed by atoms with Gasteiger partial charge in [-0.2, -0.15) is 0 Å². The lowest BCUT2D eigenvalue weighted by Crippen LogP contribution is -2.50. The Hall–Kier alpha value is -1.02. The fourth-order valence-electron chi connectivity index (χ4n) is 1.26. The van der Waals surface area contributed by atoms with Crippen LogP contribution in [0.4, 0.5) is 5.69 Å². The van der Waals surface area contributed by atoms with E-state index in [1.165, 1.54) is 5.69 Å². The molecule has 1 radical (unpaired) electrons. The minimum absolute atomic E-state index is 0.126. The number of hydrogen-bond donors (Lipinski definition) is 1. The summed E-state index contributed by atoms with van der Waals surface area (Å²) in [4.78, 5) is 2.14. The highest BCUT2D eigenvalue weighted by molar-refractivity contribution is 5.48. The van der Waals surface area contributed by atoms with E-state index in [1.807, 2.05) is 24.3 Å². The molecule has 0 aromatic heterocycles. The molecule has 0 aliphatic carbocycles. The van der Waals surface area contributed by atoms with E-state index in [4.69, 9.17) is 5.11 Å².